The highest BCUT2D eigenvalue weighted by atomic mass is 35.5. The van der Waals surface area contributed by atoms with Crippen LogP contribution in [-0.4, -0.2) is 11.9 Å². The van der Waals surface area contributed by atoms with Crippen molar-refractivity contribution < 1.29 is 18.3 Å². The molecule has 0 aromatic heterocycles. The monoisotopic (exact) mass is 330 g/mol. The summed E-state index contributed by atoms with van der Waals surface area (Å²) in [4.78, 5) is 12.1. The van der Waals surface area contributed by atoms with Gasteiger partial charge in [0.2, 0.25) is 5.78 Å². The van der Waals surface area contributed by atoms with Gasteiger partial charge in [0.05, 0.1) is 5.56 Å². The molecule has 1 atom stereocenters. The van der Waals surface area contributed by atoms with Gasteiger partial charge in [0.25, 0.3) is 0 Å². The van der Waals surface area contributed by atoms with Crippen LogP contribution in [0.1, 0.15) is 17.3 Å². The Hall–Kier alpha value is -1.65. The molecule has 0 aliphatic carbocycles. The third-order valence-corrected chi connectivity index (χ3v) is 3.15. The van der Waals surface area contributed by atoms with E-state index in [0.29, 0.717) is 16.1 Å². The van der Waals surface area contributed by atoms with Gasteiger partial charge in [0.15, 0.2) is 6.10 Å². The van der Waals surface area contributed by atoms with Gasteiger partial charge in [-0.1, -0.05) is 23.2 Å². The molecule has 0 spiro atoms. The number of Topliss-reactive ketones (excluding diaryl/α,β-unsaturated/α-hetero) is 1. The molecule has 2 aromatic rings. The average Bonchev–Trinajstić information content (AvgIpc) is 2.36. The van der Waals surface area contributed by atoms with Crippen molar-refractivity contribution in [2.24, 2.45) is 0 Å². The van der Waals surface area contributed by atoms with Crippen LogP contribution in [0.4, 0.5) is 8.78 Å². The Morgan fingerprint density at radius 3 is 2.29 bits per heavy atom. The molecular weight excluding hydrogens is 321 g/mol. The van der Waals surface area contributed by atoms with Crippen molar-refractivity contribution >= 4 is 29.0 Å². The zero-order valence-corrected chi connectivity index (χ0v) is 12.4. The largest absolute Gasteiger partial charge is 0.482 e. The first kappa shape index (κ1) is 15.7. The van der Waals surface area contributed by atoms with E-state index >= 15 is 0 Å². The van der Waals surface area contributed by atoms with Crippen LogP contribution in [0.25, 0.3) is 0 Å². The molecule has 0 amide bonds. The normalized spacial score (nSPS) is 12.0. The number of halogens is 4. The fourth-order valence-electron chi connectivity index (χ4n) is 1.76. The standard InChI is InChI=1S/C15H10Cl2F2O2/c1-8(21-12-5-9(16)4-10(17)6-12)15(20)13-3-2-11(18)7-14(13)19/h2-8H,1H3. The van der Waals surface area contributed by atoms with Crippen LogP contribution in [0.3, 0.4) is 0 Å². The van der Waals surface area contributed by atoms with E-state index in [9.17, 15) is 13.6 Å². The van der Waals surface area contributed by atoms with Gasteiger partial charge in [-0.25, -0.2) is 8.78 Å². The summed E-state index contributed by atoms with van der Waals surface area (Å²) in [6.07, 6.45) is -0.973. The van der Waals surface area contributed by atoms with E-state index in [4.69, 9.17) is 27.9 Å². The van der Waals surface area contributed by atoms with Crippen molar-refractivity contribution in [1.29, 1.82) is 0 Å². The summed E-state index contributed by atoms with van der Waals surface area (Å²) in [5, 5.41) is 0.704. The lowest BCUT2D eigenvalue weighted by atomic mass is 10.1. The number of benzene rings is 2. The lowest BCUT2D eigenvalue weighted by Gasteiger charge is -2.14. The molecule has 1 unspecified atom stereocenters. The fourth-order valence-corrected chi connectivity index (χ4v) is 2.27. The van der Waals surface area contributed by atoms with Crippen LogP contribution >= 0.6 is 23.2 Å². The van der Waals surface area contributed by atoms with Crippen molar-refractivity contribution in [2.75, 3.05) is 0 Å². The third-order valence-electron chi connectivity index (χ3n) is 2.71. The highest BCUT2D eigenvalue weighted by Crippen LogP contribution is 2.25. The van der Waals surface area contributed by atoms with Crippen LogP contribution in [0.2, 0.25) is 10.0 Å². The second-order valence-electron chi connectivity index (χ2n) is 4.35. The minimum atomic E-state index is -0.973. The predicted octanol–water partition coefficient (Wildman–Crippen LogP) is 4.92. The highest BCUT2D eigenvalue weighted by Gasteiger charge is 2.21. The molecule has 0 aliphatic heterocycles. The number of carbonyl (C=O) groups is 1. The minimum absolute atomic E-state index is 0.239. The molecule has 0 radical (unpaired) electrons. The summed E-state index contributed by atoms with van der Waals surface area (Å²) in [5.41, 5.74) is -0.239. The van der Waals surface area contributed by atoms with Gasteiger partial charge in [-0.3, -0.25) is 4.79 Å². The molecule has 0 saturated heterocycles. The number of ketones is 1. The van der Waals surface area contributed by atoms with Crippen molar-refractivity contribution in [2.45, 2.75) is 13.0 Å². The maximum Gasteiger partial charge on any atom is 0.205 e. The first-order chi connectivity index (χ1) is 9.86. The number of hydrogen-bond donors (Lipinski definition) is 0. The van der Waals surface area contributed by atoms with E-state index in [2.05, 4.69) is 0 Å². The molecule has 110 valence electrons. The van der Waals surface area contributed by atoms with Gasteiger partial charge < -0.3 is 4.74 Å². The lowest BCUT2D eigenvalue weighted by molar-refractivity contribution is 0.0813. The summed E-state index contributed by atoms with van der Waals surface area (Å²) in [7, 11) is 0. The number of ether oxygens (including phenoxy) is 1. The summed E-state index contributed by atoms with van der Waals surface area (Å²) in [6.45, 7) is 1.46. The maximum atomic E-state index is 13.6. The van der Waals surface area contributed by atoms with E-state index in [1.807, 2.05) is 0 Å². The van der Waals surface area contributed by atoms with Gasteiger partial charge in [-0.15, -0.1) is 0 Å². The average molecular weight is 331 g/mol. The molecule has 2 nitrogen and oxygen atoms in total. The molecule has 21 heavy (non-hydrogen) atoms. The Balaban J connectivity index is 2.19. The molecule has 0 saturated carbocycles. The van der Waals surface area contributed by atoms with E-state index in [0.717, 1.165) is 12.1 Å². The summed E-state index contributed by atoms with van der Waals surface area (Å²) in [5.74, 6) is -2.00. The molecule has 0 heterocycles. The molecule has 0 aliphatic rings. The number of rotatable bonds is 4. The fraction of sp³-hybridized carbons (Fsp3) is 0.133. The van der Waals surface area contributed by atoms with Gasteiger partial charge in [-0.05, 0) is 37.3 Å². The molecular formula is C15H10Cl2F2O2. The Bertz CT molecular complexity index is 669. The molecule has 6 heteroatoms. The third kappa shape index (κ3) is 3.93. The zero-order valence-electron chi connectivity index (χ0n) is 10.9. The van der Waals surface area contributed by atoms with Crippen molar-refractivity contribution in [1.82, 2.24) is 0 Å². The maximum absolute atomic E-state index is 13.6. The predicted molar refractivity (Wildman–Crippen MR) is 77.2 cm³/mol. The smallest absolute Gasteiger partial charge is 0.205 e. The number of hydrogen-bond acceptors (Lipinski definition) is 2. The highest BCUT2D eigenvalue weighted by molar-refractivity contribution is 6.34. The van der Waals surface area contributed by atoms with Crippen molar-refractivity contribution in [3.8, 4) is 5.75 Å². The van der Waals surface area contributed by atoms with Crippen LogP contribution < -0.4 is 4.74 Å². The Morgan fingerprint density at radius 2 is 1.71 bits per heavy atom. The Morgan fingerprint density at radius 1 is 1.10 bits per heavy atom. The topological polar surface area (TPSA) is 26.3 Å². The van der Waals surface area contributed by atoms with Gasteiger partial charge in [-0.2, -0.15) is 0 Å². The quantitative estimate of drug-likeness (QED) is 0.743. The summed E-state index contributed by atoms with van der Waals surface area (Å²) < 4.78 is 31.8. The van der Waals surface area contributed by atoms with Crippen LogP contribution in [0, 0.1) is 11.6 Å². The van der Waals surface area contributed by atoms with E-state index < -0.39 is 23.5 Å². The molecule has 0 N–H and O–H groups in total. The summed E-state index contributed by atoms with van der Waals surface area (Å²) in [6, 6.07) is 7.23. The molecule has 2 rings (SSSR count). The van der Waals surface area contributed by atoms with Crippen LogP contribution in [0.5, 0.6) is 5.75 Å². The van der Waals surface area contributed by atoms with E-state index in [1.54, 1.807) is 0 Å². The second kappa shape index (κ2) is 6.41. The molecule has 0 bridgehead atoms. The second-order valence-corrected chi connectivity index (χ2v) is 5.23. The molecule has 2 aromatic carbocycles. The number of carbonyl (C=O) groups excluding carboxylic acids is 1. The minimum Gasteiger partial charge on any atom is -0.482 e. The Kier molecular flexibility index (Phi) is 4.80. The van der Waals surface area contributed by atoms with E-state index in [-0.39, 0.29) is 11.3 Å². The first-order valence-electron chi connectivity index (χ1n) is 5.99. The van der Waals surface area contributed by atoms with Gasteiger partial charge in [0, 0.05) is 16.1 Å². The van der Waals surface area contributed by atoms with Crippen LogP contribution in [-0.2, 0) is 0 Å². The van der Waals surface area contributed by atoms with Crippen molar-refractivity contribution in [3.63, 3.8) is 0 Å². The van der Waals surface area contributed by atoms with E-state index in [1.165, 1.54) is 25.1 Å². The van der Waals surface area contributed by atoms with Crippen molar-refractivity contribution in [3.05, 3.63) is 63.6 Å². The molecule has 0 fully saturated rings. The SMILES string of the molecule is CC(Oc1cc(Cl)cc(Cl)c1)C(=O)c1ccc(F)cc1F. The zero-order chi connectivity index (χ0) is 15.6. The summed E-state index contributed by atoms with van der Waals surface area (Å²) >= 11 is 11.6. The Labute approximate surface area is 130 Å². The van der Waals surface area contributed by atoms with Gasteiger partial charge >= 0.3 is 0 Å². The van der Waals surface area contributed by atoms with Gasteiger partial charge in [0.1, 0.15) is 17.4 Å². The van der Waals surface area contributed by atoms with Crippen LogP contribution in [0.15, 0.2) is 36.4 Å². The lowest BCUT2D eigenvalue weighted by Crippen LogP contribution is -2.24. The first-order valence-corrected chi connectivity index (χ1v) is 6.74.